The summed E-state index contributed by atoms with van der Waals surface area (Å²) in [5.74, 6) is 6.64. The molecule has 1 nitrogen and oxygen atoms in total. The summed E-state index contributed by atoms with van der Waals surface area (Å²) in [4.78, 5) is 2.72. The molecule has 5 atom stereocenters. The van der Waals surface area contributed by atoms with Crippen LogP contribution in [0.5, 0.6) is 0 Å². The zero-order chi connectivity index (χ0) is 40.0. The Bertz CT molecular complexity index is 2840. The summed E-state index contributed by atoms with van der Waals surface area (Å²) in [5.41, 5.74) is 22.5. The second-order valence-corrected chi connectivity index (χ2v) is 22.5. The Morgan fingerprint density at radius 3 is 1.26 bits per heavy atom. The molecule has 8 saturated carbocycles. The average molecular weight is 792 g/mol. The predicted molar refractivity (Wildman–Crippen MR) is 250 cm³/mol. The fraction of sp³-hybridized carbons (Fsp3) is 0.400. The van der Waals surface area contributed by atoms with Gasteiger partial charge in [-0.2, -0.15) is 0 Å². The van der Waals surface area contributed by atoms with E-state index in [1.165, 1.54) is 132 Å². The van der Waals surface area contributed by atoms with Gasteiger partial charge in [0.1, 0.15) is 0 Å². The van der Waals surface area contributed by atoms with Crippen molar-refractivity contribution >= 4 is 17.1 Å². The van der Waals surface area contributed by atoms with E-state index in [4.69, 9.17) is 0 Å². The molecule has 8 bridgehead atoms. The van der Waals surface area contributed by atoms with Crippen molar-refractivity contribution in [2.75, 3.05) is 4.90 Å². The molecule has 0 N–H and O–H groups in total. The van der Waals surface area contributed by atoms with E-state index in [9.17, 15) is 0 Å². The molecule has 6 aromatic rings. The fourth-order valence-electron chi connectivity index (χ4n) is 18.0. The van der Waals surface area contributed by atoms with Gasteiger partial charge in [0.05, 0.1) is 0 Å². The van der Waals surface area contributed by atoms with Crippen molar-refractivity contribution in [1.82, 2.24) is 0 Å². The molecule has 0 amide bonds. The molecule has 61 heavy (non-hydrogen) atoms. The molecular formula is C60H57N. The average Bonchev–Trinajstić information content (AvgIpc) is 3.74. The van der Waals surface area contributed by atoms with E-state index in [1.54, 1.807) is 22.3 Å². The highest BCUT2D eigenvalue weighted by Crippen LogP contribution is 2.71. The largest absolute Gasteiger partial charge is 0.310 e. The van der Waals surface area contributed by atoms with Crippen molar-refractivity contribution in [2.24, 2.45) is 47.3 Å². The molecule has 17 rings (SSSR count). The number of benzene rings is 6. The van der Waals surface area contributed by atoms with Gasteiger partial charge in [-0.1, -0.05) is 111 Å². The number of hydrogen-bond donors (Lipinski definition) is 0. The van der Waals surface area contributed by atoms with Crippen LogP contribution in [0.25, 0.3) is 33.4 Å². The minimum absolute atomic E-state index is 0.0695. The minimum atomic E-state index is -0.0695. The van der Waals surface area contributed by atoms with Crippen molar-refractivity contribution in [2.45, 2.75) is 101 Å². The van der Waals surface area contributed by atoms with Crippen molar-refractivity contribution in [3.63, 3.8) is 0 Å². The van der Waals surface area contributed by atoms with Gasteiger partial charge in [0, 0.05) is 33.3 Å². The minimum Gasteiger partial charge on any atom is -0.310 e. The third-order valence-electron chi connectivity index (χ3n) is 19.7. The monoisotopic (exact) mass is 791 g/mol. The number of fused-ring (bicyclic) bond motifs is 10. The van der Waals surface area contributed by atoms with Crippen molar-refractivity contribution in [3.8, 4) is 33.4 Å². The Hall–Kier alpha value is -4.88. The maximum Gasteiger partial charge on any atom is 0.0465 e. The van der Waals surface area contributed by atoms with E-state index in [0.29, 0.717) is 0 Å². The van der Waals surface area contributed by atoms with Crippen LogP contribution < -0.4 is 4.90 Å². The highest BCUT2D eigenvalue weighted by molar-refractivity contribution is 5.91. The first-order valence-corrected chi connectivity index (χ1v) is 24.4. The normalized spacial score (nSPS) is 33.9. The summed E-state index contributed by atoms with van der Waals surface area (Å²) in [7, 11) is 0. The number of anilines is 3. The standard InChI is InChI=1S/C60H57N/c1-58(2)52-12-6-3-9-46(52)49-20-17-43(32-55(49)58)61(45-19-22-51-48-11-5-8-14-54(48)60(57(51)34-45)41-28-37-24-38(30-41)31-42(60)29-37)44-18-21-50-47-10-4-7-13-53(47)59(56(50)33-44)39-16-15-35-23-36(26-39)27-40(59)25-35/h3-14,17-22,32-42H,15-16,23-31H2,1-2H3. The van der Waals surface area contributed by atoms with Gasteiger partial charge < -0.3 is 4.90 Å². The summed E-state index contributed by atoms with van der Waals surface area (Å²) in [6.07, 6.45) is 15.6. The van der Waals surface area contributed by atoms with Crippen LogP contribution >= 0.6 is 0 Å². The highest BCUT2D eigenvalue weighted by atomic mass is 15.1. The molecule has 11 aliphatic rings. The molecule has 6 aromatic carbocycles. The molecular weight excluding hydrogens is 735 g/mol. The lowest BCUT2D eigenvalue weighted by Gasteiger charge is -2.61. The van der Waals surface area contributed by atoms with Crippen molar-refractivity contribution in [1.29, 1.82) is 0 Å². The lowest BCUT2D eigenvalue weighted by molar-refractivity contribution is -0.0399. The van der Waals surface area contributed by atoms with Gasteiger partial charge in [-0.05, 0) is 215 Å². The van der Waals surface area contributed by atoms with Gasteiger partial charge in [-0.25, -0.2) is 0 Å². The topological polar surface area (TPSA) is 3.24 Å². The fourth-order valence-corrected chi connectivity index (χ4v) is 18.0. The van der Waals surface area contributed by atoms with E-state index in [2.05, 4.69) is 146 Å². The van der Waals surface area contributed by atoms with Crippen LogP contribution in [0.15, 0.2) is 127 Å². The molecule has 5 unspecified atom stereocenters. The number of nitrogens with zero attached hydrogens (tertiary/aromatic N) is 1. The van der Waals surface area contributed by atoms with Crippen LogP contribution in [0.3, 0.4) is 0 Å². The van der Waals surface area contributed by atoms with E-state index >= 15 is 0 Å². The lowest BCUT2D eigenvalue weighted by Crippen LogP contribution is -2.55. The van der Waals surface area contributed by atoms with Gasteiger partial charge >= 0.3 is 0 Å². The zero-order valence-electron chi connectivity index (χ0n) is 36.0. The van der Waals surface area contributed by atoms with Gasteiger partial charge in [-0.15, -0.1) is 0 Å². The third kappa shape index (κ3) is 4.21. The third-order valence-corrected chi connectivity index (χ3v) is 19.7. The van der Waals surface area contributed by atoms with Gasteiger partial charge in [0.25, 0.3) is 0 Å². The smallest absolute Gasteiger partial charge is 0.0465 e. The molecule has 0 aromatic heterocycles. The first-order valence-electron chi connectivity index (χ1n) is 24.4. The Kier molecular flexibility index (Phi) is 6.69. The second-order valence-electron chi connectivity index (χ2n) is 22.5. The lowest BCUT2D eigenvalue weighted by atomic mass is 9.43. The first kappa shape index (κ1) is 34.7. The molecule has 1 heteroatoms. The van der Waals surface area contributed by atoms with E-state index in [0.717, 1.165) is 47.3 Å². The van der Waals surface area contributed by atoms with Crippen LogP contribution in [-0.2, 0) is 16.2 Å². The summed E-state index contributed by atoms with van der Waals surface area (Å²) >= 11 is 0. The molecule has 302 valence electrons. The SMILES string of the molecule is CC1(C)c2ccccc2-c2ccc(N(c3ccc4c(c3)C3(c5ccccc5-4)C4CCC5CC(C4)CC3C5)c3ccc4c(c3)C3(c5ccccc5-4)C4CC5CC(C4)CC3C5)cc21. The highest BCUT2D eigenvalue weighted by Gasteiger charge is 2.62. The van der Waals surface area contributed by atoms with E-state index in [-0.39, 0.29) is 16.2 Å². The summed E-state index contributed by atoms with van der Waals surface area (Å²) in [6, 6.07) is 51.6. The van der Waals surface area contributed by atoms with Crippen LogP contribution in [0.4, 0.5) is 17.1 Å². The van der Waals surface area contributed by atoms with Crippen LogP contribution in [0, 0.1) is 47.3 Å². The molecule has 0 aliphatic heterocycles. The predicted octanol–water partition coefficient (Wildman–Crippen LogP) is 15.3. The maximum atomic E-state index is 2.74. The Morgan fingerprint density at radius 1 is 0.344 bits per heavy atom. The Labute approximate surface area is 362 Å². The quantitative estimate of drug-likeness (QED) is 0.173. The Morgan fingerprint density at radius 2 is 0.721 bits per heavy atom. The van der Waals surface area contributed by atoms with Crippen molar-refractivity contribution in [3.05, 3.63) is 161 Å². The van der Waals surface area contributed by atoms with Gasteiger partial charge in [0.15, 0.2) is 0 Å². The van der Waals surface area contributed by atoms with Crippen LogP contribution in [0.1, 0.15) is 118 Å². The zero-order valence-corrected chi connectivity index (χ0v) is 36.0. The van der Waals surface area contributed by atoms with Crippen molar-refractivity contribution < 1.29 is 0 Å². The Balaban J connectivity index is 0.964. The summed E-state index contributed by atoms with van der Waals surface area (Å²) in [5, 5.41) is 0. The number of rotatable bonds is 3. The van der Waals surface area contributed by atoms with Crippen LogP contribution in [-0.4, -0.2) is 0 Å². The van der Waals surface area contributed by atoms with Crippen LogP contribution in [0.2, 0.25) is 0 Å². The molecule has 11 aliphatic carbocycles. The van der Waals surface area contributed by atoms with E-state index in [1.807, 2.05) is 0 Å². The van der Waals surface area contributed by atoms with Gasteiger partial charge in [0.2, 0.25) is 0 Å². The summed E-state index contributed by atoms with van der Waals surface area (Å²) in [6.45, 7) is 4.89. The molecule has 0 heterocycles. The molecule has 2 spiro atoms. The first-order chi connectivity index (χ1) is 29.9. The van der Waals surface area contributed by atoms with E-state index < -0.39 is 0 Å². The molecule has 8 fully saturated rings. The number of hydrogen-bond acceptors (Lipinski definition) is 1. The van der Waals surface area contributed by atoms with Gasteiger partial charge in [-0.3, -0.25) is 0 Å². The molecule has 0 saturated heterocycles. The maximum absolute atomic E-state index is 2.74. The summed E-state index contributed by atoms with van der Waals surface area (Å²) < 4.78 is 0. The molecule has 0 radical (unpaired) electrons. The second kappa shape index (κ2) is 11.8.